The van der Waals surface area contributed by atoms with Crippen LogP contribution < -0.4 is 11.1 Å². The number of hydrogen-bond acceptors (Lipinski definition) is 3. The molecule has 0 saturated carbocycles. The van der Waals surface area contributed by atoms with Crippen LogP contribution in [0.1, 0.15) is 26.7 Å². The van der Waals surface area contributed by atoms with Crippen LogP contribution in [0.25, 0.3) is 0 Å². The van der Waals surface area contributed by atoms with E-state index in [4.69, 9.17) is 10.5 Å². The molecule has 0 aliphatic carbocycles. The number of ether oxygens (including phenoxy) is 1. The van der Waals surface area contributed by atoms with Crippen LogP contribution in [0, 0.1) is 0 Å². The van der Waals surface area contributed by atoms with E-state index in [1.165, 1.54) is 0 Å². The van der Waals surface area contributed by atoms with Crippen molar-refractivity contribution in [3.05, 3.63) is 0 Å². The molecule has 5 heteroatoms. The van der Waals surface area contributed by atoms with Gasteiger partial charge in [0.1, 0.15) is 6.04 Å². The Morgan fingerprint density at radius 2 is 2.27 bits per heavy atom. The summed E-state index contributed by atoms with van der Waals surface area (Å²) in [5.41, 5.74) is 5.62. The zero-order chi connectivity index (χ0) is 11.7. The predicted molar refractivity (Wildman–Crippen MR) is 60.9 cm³/mol. The van der Waals surface area contributed by atoms with Gasteiger partial charge in [-0.3, -0.25) is 9.79 Å². The summed E-state index contributed by atoms with van der Waals surface area (Å²) >= 11 is 0. The summed E-state index contributed by atoms with van der Waals surface area (Å²) in [6.07, 6.45) is 1.67. The Labute approximate surface area is 91.1 Å². The molecule has 0 fully saturated rings. The van der Waals surface area contributed by atoms with Crippen LogP contribution in [0.5, 0.6) is 0 Å². The van der Waals surface area contributed by atoms with Gasteiger partial charge in [-0.15, -0.1) is 0 Å². The van der Waals surface area contributed by atoms with Gasteiger partial charge in [0, 0.05) is 20.1 Å². The summed E-state index contributed by atoms with van der Waals surface area (Å²) in [7, 11) is 1.59. The Bertz CT molecular complexity index is 217. The molecule has 0 heterocycles. The van der Waals surface area contributed by atoms with Crippen LogP contribution in [0.15, 0.2) is 4.99 Å². The quantitative estimate of drug-likeness (QED) is 0.364. The molecule has 15 heavy (non-hydrogen) atoms. The summed E-state index contributed by atoms with van der Waals surface area (Å²) in [5, 5.41) is 2.70. The number of carbonyl (C=O) groups is 1. The second kappa shape index (κ2) is 8.23. The first kappa shape index (κ1) is 13.9. The van der Waals surface area contributed by atoms with E-state index in [1.807, 2.05) is 6.92 Å². The normalized spacial score (nSPS) is 13.7. The largest absolute Gasteiger partial charge is 0.387 e. The standard InChI is InChI=1S/C10H21N3O2/c1-4-5-9(11)13-8(2)10(14)12-6-7-15-3/h8H,4-7H2,1-3H3,(H2,11,13)(H,12,14). The predicted octanol–water partition coefficient (Wildman–Crippen LogP) is 0.295. The van der Waals surface area contributed by atoms with Gasteiger partial charge in [-0.25, -0.2) is 0 Å². The lowest BCUT2D eigenvalue weighted by atomic mass is 10.3. The molecule has 3 N–H and O–H groups in total. The molecule has 1 amide bonds. The van der Waals surface area contributed by atoms with E-state index in [2.05, 4.69) is 10.3 Å². The zero-order valence-corrected chi connectivity index (χ0v) is 9.75. The van der Waals surface area contributed by atoms with Crippen LogP contribution in [0.4, 0.5) is 0 Å². The van der Waals surface area contributed by atoms with Gasteiger partial charge < -0.3 is 15.8 Å². The highest BCUT2D eigenvalue weighted by Crippen LogP contribution is 1.93. The van der Waals surface area contributed by atoms with Crippen LogP contribution >= 0.6 is 0 Å². The lowest BCUT2D eigenvalue weighted by molar-refractivity contribution is -0.122. The minimum Gasteiger partial charge on any atom is -0.387 e. The average Bonchev–Trinajstić information content (AvgIpc) is 2.18. The Kier molecular flexibility index (Phi) is 7.62. The van der Waals surface area contributed by atoms with E-state index in [1.54, 1.807) is 14.0 Å². The van der Waals surface area contributed by atoms with Gasteiger partial charge in [0.25, 0.3) is 0 Å². The molecule has 0 aliphatic rings. The first-order chi connectivity index (χ1) is 7.11. The molecular weight excluding hydrogens is 194 g/mol. The Morgan fingerprint density at radius 1 is 1.60 bits per heavy atom. The van der Waals surface area contributed by atoms with Crippen molar-refractivity contribution in [1.82, 2.24) is 5.32 Å². The first-order valence-electron chi connectivity index (χ1n) is 5.20. The van der Waals surface area contributed by atoms with Gasteiger partial charge in [0.2, 0.25) is 5.91 Å². The molecule has 0 radical (unpaired) electrons. The zero-order valence-electron chi connectivity index (χ0n) is 9.75. The van der Waals surface area contributed by atoms with E-state index in [9.17, 15) is 4.79 Å². The molecule has 0 aromatic heterocycles. The summed E-state index contributed by atoms with van der Waals surface area (Å²) in [6, 6.07) is -0.423. The van der Waals surface area contributed by atoms with Gasteiger partial charge in [-0.05, 0) is 13.3 Å². The van der Waals surface area contributed by atoms with E-state index >= 15 is 0 Å². The van der Waals surface area contributed by atoms with Gasteiger partial charge in [0.15, 0.2) is 0 Å². The molecule has 88 valence electrons. The molecule has 0 aliphatic heterocycles. The lowest BCUT2D eigenvalue weighted by Gasteiger charge is -2.09. The number of methoxy groups -OCH3 is 1. The second-order valence-electron chi connectivity index (χ2n) is 3.33. The number of aliphatic imine (C=N–C) groups is 1. The minimum atomic E-state index is -0.423. The smallest absolute Gasteiger partial charge is 0.244 e. The Morgan fingerprint density at radius 3 is 2.80 bits per heavy atom. The van der Waals surface area contributed by atoms with E-state index < -0.39 is 6.04 Å². The van der Waals surface area contributed by atoms with Gasteiger partial charge >= 0.3 is 0 Å². The van der Waals surface area contributed by atoms with Crippen molar-refractivity contribution in [3.63, 3.8) is 0 Å². The summed E-state index contributed by atoms with van der Waals surface area (Å²) in [6.45, 7) is 4.76. The SMILES string of the molecule is CCCC(N)=NC(C)C(=O)NCCOC. The highest BCUT2D eigenvalue weighted by atomic mass is 16.5. The third-order valence-electron chi connectivity index (χ3n) is 1.85. The van der Waals surface area contributed by atoms with Crippen LogP contribution in [-0.4, -0.2) is 38.0 Å². The maximum atomic E-state index is 11.4. The number of amidine groups is 1. The number of hydrogen-bond donors (Lipinski definition) is 2. The van der Waals surface area contributed by atoms with E-state index in [0.29, 0.717) is 19.0 Å². The van der Waals surface area contributed by atoms with Gasteiger partial charge in [-0.2, -0.15) is 0 Å². The van der Waals surface area contributed by atoms with Crippen molar-refractivity contribution in [2.75, 3.05) is 20.3 Å². The number of amides is 1. The fraction of sp³-hybridized carbons (Fsp3) is 0.800. The number of nitrogens with zero attached hydrogens (tertiary/aromatic N) is 1. The monoisotopic (exact) mass is 215 g/mol. The molecule has 0 spiro atoms. The molecule has 0 rings (SSSR count). The highest BCUT2D eigenvalue weighted by Gasteiger charge is 2.10. The average molecular weight is 215 g/mol. The van der Waals surface area contributed by atoms with E-state index in [-0.39, 0.29) is 5.91 Å². The topological polar surface area (TPSA) is 76.7 Å². The molecule has 1 atom stereocenters. The first-order valence-corrected chi connectivity index (χ1v) is 5.20. The fourth-order valence-electron chi connectivity index (χ4n) is 1.05. The molecule has 0 bridgehead atoms. The number of rotatable bonds is 7. The highest BCUT2D eigenvalue weighted by molar-refractivity contribution is 5.87. The van der Waals surface area contributed by atoms with Crippen LogP contribution in [0.3, 0.4) is 0 Å². The third kappa shape index (κ3) is 6.90. The molecule has 0 aromatic rings. The third-order valence-corrected chi connectivity index (χ3v) is 1.85. The maximum absolute atomic E-state index is 11.4. The van der Waals surface area contributed by atoms with Gasteiger partial charge in [-0.1, -0.05) is 6.92 Å². The van der Waals surface area contributed by atoms with E-state index in [0.717, 1.165) is 12.8 Å². The van der Waals surface area contributed by atoms with Crippen molar-refractivity contribution in [2.24, 2.45) is 10.7 Å². The van der Waals surface area contributed by atoms with Gasteiger partial charge in [0.05, 0.1) is 12.4 Å². The van der Waals surface area contributed by atoms with Crippen molar-refractivity contribution < 1.29 is 9.53 Å². The minimum absolute atomic E-state index is 0.119. The molecule has 0 aromatic carbocycles. The summed E-state index contributed by atoms with van der Waals surface area (Å²) in [4.78, 5) is 15.5. The van der Waals surface area contributed by atoms with Crippen molar-refractivity contribution >= 4 is 11.7 Å². The Hall–Kier alpha value is -1.10. The van der Waals surface area contributed by atoms with Crippen molar-refractivity contribution in [1.29, 1.82) is 0 Å². The molecular formula is C10H21N3O2. The Balaban J connectivity index is 3.92. The summed E-state index contributed by atoms with van der Waals surface area (Å²) in [5.74, 6) is 0.415. The summed E-state index contributed by atoms with van der Waals surface area (Å²) < 4.78 is 4.82. The molecule has 1 unspecified atom stereocenters. The molecule has 0 saturated heterocycles. The number of nitrogens with one attached hydrogen (secondary N) is 1. The fourth-order valence-corrected chi connectivity index (χ4v) is 1.05. The second-order valence-corrected chi connectivity index (χ2v) is 3.33. The number of nitrogens with two attached hydrogens (primary N) is 1. The van der Waals surface area contributed by atoms with Crippen LogP contribution in [-0.2, 0) is 9.53 Å². The lowest BCUT2D eigenvalue weighted by Crippen LogP contribution is -2.35. The van der Waals surface area contributed by atoms with Crippen LogP contribution in [0.2, 0.25) is 0 Å². The van der Waals surface area contributed by atoms with Crippen molar-refractivity contribution in [2.45, 2.75) is 32.7 Å². The molecule has 5 nitrogen and oxygen atoms in total. The number of carbonyl (C=O) groups excluding carboxylic acids is 1. The maximum Gasteiger partial charge on any atom is 0.244 e. The van der Waals surface area contributed by atoms with Crippen molar-refractivity contribution in [3.8, 4) is 0 Å².